The summed E-state index contributed by atoms with van der Waals surface area (Å²) in [5.41, 5.74) is 3.01. The van der Waals surface area contributed by atoms with Crippen molar-refractivity contribution in [2.45, 2.75) is 38.8 Å². The molecular formula is C12H16N4OS. The summed E-state index contributed by atoms with van der Waals surface area (Å²) in [7, 11) is 0. The third-order valence-electron chi connectivity index (χ3n) is 3.29. The molecule has 3 rings (SSSR count). The van der Waals surface area contributed by atoms with Crippen molar-refractivity contribution >= 4 is 11.3 Å². The Morgan fingerprint density at radius 2 is 2.44 bits per heavy atom. The van der Waals surface area contributed by atoms with Crippen molar-refractivity contribution in [1.82, 2.24) is 20.0 Å². The first kappa shape index (κ1) is 11.8. The molecule has 0 bridgehead atoms. The number of hydrogen-bond donors (Lipinski definition) is 0. The predicted octanol–water partition coefficient (Wildman–Crippen LogP) is 2.56. The van der Waals surface area contributed by atoms with Gasteiger partial charge in [0.25, 0.3) is 0 Å². The van der Waals surface area contributed by atoms with Gasteiger partial charge in [0, 0.05) is 11.9 Å². The largest absolute Gasteiger partial charge is 0.338 e. The summed E-state index contributed by atoms with van der Waals surface area (Å²) in [5.74, 6) is 1.46. The molecule has 0 amide bonds. The van der Waals surface area contributed by atoms with Crippen molar-refractivity contribution in [3.05, 3.63) is 28.3 Å². The van der Waals surface area contributed by atoms with E-state index in [1.54, 1.807) is 11.3 Å². The van der Waals surface area contributed by atoms with Gasteiger partial charge in [0.2, 0.25) is 5.89 Å². The lowest BCUT2D eigenvalue weighted by Gasteiger charge is -2.32. The van der Waals surface area contributed by atoms with Crippen LogP contribution in [0.25, 0.3) is 0 Å². The second-order valence-electron chi connectivity index (χ2n) is 4.64. The molecule has 1 fully saturated rings. The first-order chi connectivity index (χ1) is 8.83. The lowest BCUT2D eigenvalue weighted by Crippen LogP contribution is -2.33. The van der Waals surface area contributed by atoms with E-state index in [1.165, 1.54) is 12.8 Å². The van der Waals surface area contributed by atoms with E-state index >= 15 is 0 Å². The minimum absolute atomic E-state index is 0.252. The molecule has 2 aromatic heterocycles. The number of thiazole rings is 1. The summed E-state index contributed by atoms with van der Waals surface area (Å²) in [6, 6.07) is 0.252. The fraction of sp³-hybridized carbons (Fsp3) is 0.583. The highest BCUT2D eigenvalue weighted by Crippen LogP contribution is 2.30. The van der Waals surface area contributed by atoms with Crippen LogP contribution in [0.3, 0.4) is 0 Å². The molecule has 1 aliphatic heterocycles. The molecule has 6 heteroatoms. The predicted molar refractivity (Wildman–Crippen MR) is 68.2 cm³/mol. The topological polar surface area (TPSA) is 55.1 Å². The van der Waals surface area contributed by atoms with Gasteiger partial charge in [-0.2, -0.15) is 4.98 Å². The van der Waals surface area contributed by atoms with Crippen molar-refractivity contribution in [3.63, 3.8) is 0 Å². The van der Waals surface area contributed by atoms with Crippen LogP contribution >= 0.6 is 11.3 Å². The van der Waals surface area contributed by atoms with Gasteiger partial charge in [-0.15, -0.1) is 11.3 Å². The zero-order chi connectivity index (χ0) is 12.4. The molecule has 18 heavy (non-hydrogen) atoms. The average Bonchev–Trinajstić information content (AvgIpc) is 3.02. The Kier molecular flexibility index (Phi) is 3.38. The Balaban J connectivity index is 1.77. The number of likely N-dealkylation sites (tertiary alicyclic amines) is 1. The van der Waals surface area contributed by atoms with E-state index < -0.39 is 0 Å². The molecule has 0 spiro atoms. The molecule has 2 aromatic rings. The lowest BCUT2D eigenvalue weighted by molar-refractivity contribution is 0.110. The van der Waals surface area contributed by atoms with E-state index in [-0.39, 0.29) is 6.04 Å². The molecule has 1 saturated heterocycles. The van der Waals surface area contributed by atoms with Gasteiger partial charge in [0.15, 0.2) is 5.82 Å². The Labute approximate surface area is 110 Å². The van der Waals surface area contributed by atoms with Gasteiger partial charge in [0.1, 0.15) is 0 Å². The van der Waals surface area contributed by atoms with E-state index in [9.17, 15) is 0 Å². The molecule has 0 aromatic carbocycles. The third kappa shape index (κ3) is 2.44. The van der Waals surface area contributed by atoms with Gasteiger partial charge in [0.05, 0.1) is 17.2 Å². The van der Waals surface area contributed by atoms with Gasteiger partial charge >= 0.3 is 0 Å². The van der Waals surface area contributed by atoms with Crippen molar-refractivity contribution in [2.75, 3.05) is 6.54 Å². The maximum atomic E-state index is 5.33. The van der Waals surface area contributed by atoms with Gasteiger partial charge in [-0.3, -0.25) is 4.90 Å². The van der Waals surface area contributed by atoms with Crippen LogP contribution in [0.1, 0.15) is 42.7 Å². The Hall–Kier alpha value is -1.27. The SMILES string of the molecule is Cc1noc([C@H]2CCCCN2Cc2cscn2)n1. The van der Waals surface area contributed by atoms with E-state index in [0.29, 0.717) is 5.82 Å². The Morgan fingerprint density at radius 3 is 3.17 bits per heavy atom. The van der Waals surface area contributed by atoms with Crippen molar-refractivity contribution in [1.29, 1.82) is 0 Å². The van der Waals surface area contributed by atoms with Crippen LogP contribution in [0.15, 0.2) is 15.4 Å². The number of piperidine rings is 1. The second kappa shape index (κ2) is 5.16. The van der Waals surface area contributed by atoms with Crippen LogP contribution in [0.4, 0.5) is 0 Å². The lowest BCUT2D eigenvalue weighted by atomic mass is 10.0. The zero-order valence-corrected chi connectivity index (χ0v) is 11.2. The number of aromatic nitrogens is 3. The molecule has 5 nitrogen and oxygen atoms in total. The van der Waals surface area contributed by atoms with Crippen LogP contribution < -0.4 is 0 Å². The highest BCUT2D eigenvalue weighted by Gasteiger charge is 2.28. The average molecular weight is 264 g/mol. The maximum Gasteiger partial charge on any atom is 0.243 e. The zero-order valence-electron chi connectivity index (χ0n) is 10.4. The van der Waals surface area contributed by atoms with Crippen LogP contribution in [-0.2, 0) is 6.54 Å². The summed E-state index contributed by atoms with van der Waals surface area (Å²) in [4.78, 5) is 11.1. The Bertz CT molecular complexity index is 496. The summed E-state index contributed by atoms with van der Waals surface area (Å²) in [6.07, 6.45) is 3.54. The molecule has 1 atom stereocenters. The maximum absolute atomic E-state index is 5.33. The quantitative estimate of drug-likeness (QED) is 0.852. The van der Waals surface area contributed by atoms with E-state index in [0.717, 1.165) is 31.1 Å². The van der Waals surface area contributed by atoms with E-state index in [4.69, 9.17) is 4.52 Å². The summed E-state index contributed by atoms with van der Waals surface area (Å²) in [5, 5.41) is 6.00. The molecule has 96 valence electrons. The first-order valence-corrected chi connectivity index (χ1v) is 7.18. The monoisotopic (exact) mass is 264 g/mol. The standard InChI is InChI=1S/C12H16N4OS/c1-9-14-12(17-15-9)11-4-2-3-5-16(11)6-10-7-18-8-13-10/h7-8,11H,2-6H2,1H3/t11-/m1/s1. The highest BCUT2D eigenvalue weighted by atomic mass is 32.1. The van der Waals surface area contributed by atoms with E-state index in [2.05, 4.69) is 25.4 Å². The smallest absolute Gasteiger partial charge is 0.243 e. The molecular weight excluding hydrogens is 248 g/mol. The summed E-state index contributed by atoms with van der Waals surface area (Å²) < 4.78 is 5.33. The summed E-state index contributed by atoms with van der Waals surface area (Å²) >= 11 is 1.64. The van der Waals surface area contributed by atoms with E-state index in [1.807, 2.05) is 12.4 Å². The van der Waals surface area contributed by atoms with Crippen LogP contribution in [-0.4, -0.2) is 26.6 Å². The minimum Gasteiger partial charge on any atom is -0.338 e. The second-order valence-corrected chi connectivity index (χ2v) is 5.36. The Morgan fingerprint density at radius 1 is 1.50 bits per heavy atom. The molecule has 0 saturated carbocycles. The van der Waals surface area contributed by atoms with Crippen LogP contribution in [0, 0.1) is 6.92 Å². The highest BCUT2D eigenvalue weighted by molar-refractivity contribution is 7.07. The van der Waals surface area contributed by atoms with Crippen molar-refractivity contribution < 1.29 is 4.52 Å². The third-order valence-corrected chi connectivity index (χ3v) is 3.93. The molecule has 0 unspecified atom stereocenters. The summed E-state index contributed by atoms with van der Waals surface area (Å²) in [6.45, 7) is 3.81. The number of aryl methyl sites for hydroxylation is 1. The normalized spacial score (nSPS) is 21.3. The number of rotatable bonds is 3. The van der Waals surface area contributed by atoms with Crippen LogP contribution in [0.2, 0.25) is 0 Å². The molecule has 0 N–H and O–H groups in total. The van der Waals surface area contributed by atoms with Gasteiger partial charge in [-0.25, -0.2) is 4.98 Å². The van der Waals surface area contributed by atoms with Crippen molar-refractivity contribution in [3.8, 4) is 0 Å². The fourth-order valence-electron chi connectivity index (χ4n) is 2.43. The van der Waals surface area contributed by atoms with Gasteiger partial charge in [-0.1, -0.05) is 11.6 Å². The van der Waals surface area contributed by atoms with Gasteiger partial charge in [-0.05, 0) is 26.3 Å². The fourth-order valence-corrected chi connectivity index (χ4v) is 2.98. The van der Waals surface area contributed by atoms with Gasteiger partial charge < -0.3 is 4.52 Å². The molecule has 3 heterocycles. The number of nitrogens with zero attached hydrogens (tertiary/aromatic N) is 4. The van der Waals surface area contributed by atoms with Crippen molar-refractivity contribution in [2.24, 2.45) is 0 Å². The molecule has 0 aliphatic carbocycles. The number of hydrogen-bond acceptors (Lipinski definition) is 6. The first-order valence-electron chi connectivity index (χ1n) is 6.24. The molecule has 0 radical (unpaired) electrons. The minimum atomic E-state index is 0.252. The molecule has 1 aliphatic rings. The van der Waals surface area contributed by atoms with Crippen LogP contribution in [0.5, 0.6) is 0 Å².